The van der Waals surface area contributed by atoms with Crippen molar-refractivity contribution in [2.75, 3.05) is 11.9 Å². The number of nitrogens with one attached hydrogen (secondary N) is 2. The van der Waals surface area contributed by atoms with Crippen LogP contribution in [0, 0.1) is 23.2 Å². The highest BCUT2D eigenvalue weighted by molar-refractivity contribution is 7.16. The maximum Gasteiger partial charge on any atom is 0.325 e. The van der Waals surface area contributed by atoms with Gasteiger partial charge in [0.1, 0.15) is 23.7 Å². The van der Waals surface area contributed by atoms with Gasteiger partial charge >= 0.3 is 6.03 Å². The summed E-state index contributed by atoms with van der Waals surface area (Å²) in [4.78, 5) is 39.0. The van der Waals surface area contributed by atoms with Crippen LogP contribution in [0.25, 0.3) is 0 Å². The number of anilines is 1. The molecule has 1 aromatic rings. The highest BCUT2D eigenvalue weighted by Gasteiger charge is 2.39. The summed E-state index contributed by atoms with van der Waals surface area (Å²) in [7, 11) is 0. The third kappa shape index (κ3) is 3.98. The molecule has 1 aliphatic carbocycles. The Morgan fingerprint density at radius 2 is 2.19 bits per heavy atom. The van der Waals surface area contributed by atoms with E-state index in [0.29, 0.717) is 22.9 Å². The van der Waals surface area contributed by atoms with Crippen LogP contribution in [0.2, 0.25) is 0 Å². The van der Waals surface area contributed by atoms with Gasteiger partial charge in [-0.3, -0.25) is 14.5 Å². The average Bonchev–Trinajstić information content (AvgIpc) is 3.05. The molecule has 2 unspecified atom stereocenters. The van der Waals surface area contributed by atoms with Gasteiger partial charge in [-0.05, 0) is 43.1 Å². The zero-order chi connectivity index (χ0) is 19.7. The fourth-order valence-corrected chi connectivity index (χ4v) is 5.00. The number of imide groups is 1. The SMILES string of the molecule is CC(C)CC1NC(=O)N(CC(=O)Nc2sc3c(c2C#N)CCC(C)C3)C1=O. The quantitative estimate of drug-likeness (QED) is 0.757. The lowest BCUT2D eigenvalue weighted by atomic mass is 9.89. The van der Waals surface area contributed by atoms with E-state index in [4.69, 9.17) is 0 Å². The van der Waals surface area contributed by atoms with Crippen LogP contribution < -0.4 is 10.6 Å². The van der Waals surface area contributed by atoms with Gasteiger partial charge in [-0.1, -0.05) is 20.8 Å². The Hall–Kier alpha value is -2.40. The van der Waals surface area contributed by atoms with Crippen molar-refractivity contribution in [3.8, 4) is 6.07 Å². The zero-order valence-corrected chi connectivity index (χ0v) is 16.6. The Bertz CT molecular complexity index is 824. The van der Waals surface area contributed by atoms with Gasteiger partial charge in [-0.25, -0.2) is 4.79 Å². The molecule has 0 bridgehead atoms. The first-order chi connectivity index (χ1) is 12.8. The highest BCUT2D eigenvalue weighted by Crippen LogP contribution is 2.39. The largest absolute Gasteiger partial charge is 0.326 e. The summed E-state index contributed by atoms with van der Waals surface area (Å²) in [6, 6.07) is 1.08. The van der Waals surface area contributed by atoms with Crippen LogP contribution in [0.5, 0.6) is 0 Å². The molecule has 0 spiro atoms. The third-order valence-corrected chi connectivity index (χ3v) is 6.16. The second kappa shape index (κ2) is 7.69. The zero-order valence-electron chi connectivity index (χ0n) is 15.8. The van der Waals surface area contributed by atoms with E-state index < -0.39 is 18.0 Å². The number of nitriles is 1. The van der Waals surface area contributed by atoms with Gasteiger partial charge in [0.05, 0.1) is 5.56 Å². The summed E-state index contributed by atoms with van der Waals surface area (Å²) in [6.45, 7) is 5.77. The molecule has 7 nitrogen and oxygen atoms in total. The summed E-state index contributed by atoms with van der Waals surface area (Å²) < 4.78 is 0. The standard InChI is InChI=1S/C19H24N4O3S/c1-10(2)6-14-18(25)23(19(26)21-14)9-16(24)22-17-13(8-20)12-5-4-11(3)7-15(12)27-17/h10-11,14H,4-7,9H2,1-3H3,(H,21,26)(H,22,24). The van der Waals surface area contributed by atoms with Gasteiger partial charge in [0.15, 0.2) is 0 Å². The lowest BCUT2D eigenvalue weighted by Crippen LogP contribution is -2.38. The van der Waals surface area contributed by atoms with Crippen molar-refractivity contribution in [1.82, 2.24) is 10.2 Å². The Labute approximate surface area is 162 Å². The Morgan fingerprint density at radius 3 is 2.85 bits per heavy atom. The van der Waals surface area contributed by atoms with Crippen molar-refractivity contribution in [3.63, 3.8) is 0 Å². The van der Waals surface area contributed by atoms with E-state index in [1.165, 1.54) is 11.3 Å². The van der Waals surface area contributed by atoms with E-state index in [1.807, 2.05) is 13.8 Å². The molecule has 0 aromatic carbocycles. The molecular weight excluding hydrogens is 364 g/mol. The lowest BCUT2D eigenvalue weighted by Gasteiger charge is -2.17. The Kier molecular flexibility index (Phi) is 5.51. The van der Waals surface area contributed by atoms with Crippen LogP contribution in [-0.4, -0.2) is 35.3 Å². The molecular formula is C19H24N4O3S. The molecule has 0 radical (unpaired) electrons. The fourth-order valence-electron chi connectivity index (χ4n) is 3.62. The highest BCUT2D eigenvalue weighted by atomic mass is 32.1. The van der Waals surface area contributed by atoms with Crippen LogP contribution in [0.3, 0.4) is 0 Å². The second-order valence-corrected chi connectivity index (χ2v) is 8.88. The number of thiophene rings is 1. The molecule has 4 amide bonds. The molecule has 1 aromatic heterocycles. The molecule has 144 valence electrons. The average molecular weight is 388 g/mol. The van der Waals surface area contributed by atoms with Crippen molar-refractivity contribution < 1.29 is 14.4 Å². The summed E-state index contributed by atoms with van der Waals surface area (Å²) in [6.07, 6.45) is 3.33. The molecule has 2 heterocycles. The molecule has 1 saturated heterocycles. The van der Waals surface area contributed by atoms with Crippen molar-refractivity contribution in [3.05, 3.63) is 16.0 Å². The number of nitrogens with zero attached hydrogens (tertiary/aromatic N) is 2. The molecule has 0 saturated carbocycles. The summed E-state index contributed by atoms with van der Waals surface area (Å²) >= 11 is 1.43. The molecule has 3 rings (SSSR count). The van der Waals surface area contributed by atoms with Gasteiger partial charge in [-0.2, -0.15) is 5.26 Å². The summed E-state index contributed by atoms with van der Waals surface area (Å²) in [5.74, 6) is -0.0170. The summed E-state index contributed by atoms with van der Waals surface area (Å²) in [5.41, 5.74) is 1.55. The fraction of sp³-hybridized carbons (Fsp3) is 0.579. The maximum atomic E-state index is 12.4. The van der Waals surface area contributed by atoms with E-state index >= 15 is 0 Å². The van der Waals surface area contributed by atoms with Crippen LogP contribution >= 0.6 is 11.3 Å². The number of carbonyl (C=O) groups is 3. The van der Waals surface area contributed by atoms with Gasteiger partial charge in [0, 0.05) is 4.88 Å². The van der Waals surface area contributed by atoms with Crippen molar-refractivity contribution >= 4 is 34.2 Å². The van der Waals surface area contributed by atoms with E-state index in [0.717, 1.165) is 34.6 Å². The molecule has 8 heteroatoms. The molecule has 27 heavy (non-hydrogen) atoms. The first-order valence-corrected chi connectivity index (χ1v) is 10.1. The minimum atomic E-state index is -0.574. The van der Waals surface area contributed by atoms with Gasteiger partial charge in [0.25, 0.3) is 5.91 Å². The first-order valence-electron chi connectivity index (χ1n) is 9.26. The predicted octanol–water partition coefficient (Wildman–Crippen LogP) is 2.65. The van der Waals surface area contributed by atoms with Gasteiger partial charge in [-0.15, -0.1) is 11.3 Å². The predicted molar refractivity (Wildman–Crippen MR) is 102 cm³/mol. The van der Waals surface area contributed by atoms with Crippen LogP contribution in [0.4, 0.5) is 9.80 Å². The molecule has 2 aliphatic rings. The van der Waals surface area contributed by atoms with E-state index in [-0.39, 0.29) is 18.4 Å². The third-order valence-electron chi connectivity index (χ3n) is 4.99. The van der Waals surface area contributed by atoms with Gasteiger partial charge in [0.2, 0.25) is 5.91 Å². The minimum absolute atomic E-state index is 0.256. The second-order valence-electron chi connectivity index (χ2n) is 7.77. The number of amides is 4. The number of hydrogen-bond acceptors (Lipinski definition) is 5. The molecule has 1 fully saturated rings. The Balaban J connectivity index is 1.69. The van der Waals surface area contributed by atoms with E-state index in [9.17, 15) is 19.6 Å². The van der Waals surface area contributed by atoms with Crippen LogP contribution in [0.15, 0.2) is 0 Å². The topological polar surface area (TPSA) is 102 Å². The van der Waals surface area contributed by atoms with Crippen molar-refractivity contribution in [2.45, 2.75) is 52.5 Å². The van der Waals surface area contributed by atoms with Crippen LogP contribution in [-0.2, 0) is 22.4 Å². The first kappa shape index (κ1) is 19.4. The van der Waals surface area contributed by atoms with E-state index in [2.05, 4.69) is 23.6 Å². The number of rotatable bonds is 5. The number of hydrogen-bond donors (Lipinski definition) is 2. The van der Waals surface area contributed by atoms with E-state index in [1.54, 1.807) is 0 Å². The van der Waals surface area contributed by atoms with Gasteiger partial charge < -0.3 is 10.6 Å². The van der Waals surface area contributed by atoms with Crippen LogP contribution in [0.1, 0.15) is 49.6 Å². The molecule has 2 atom stereocenters. The van der Waals surface area contributed by atoms with Crippen molar-refractivity contribution in [2.24, 2.45) is 11.8 Å². The minimum Gasteiger partial charge on any atom is -0.326 e. The summed E-state index contributed by atoms with van der Waals surface area (Å²) in [5, 5.41) is 15.4. The number of urea groups is 1. The van der Waals surface area contributed by atoms with Crippen molar-refractivity contribution in [1.29, 1.82) is 5.26 Å². The molecule has 2 N–H and O–H groups in total. The number of carbonyl (C=O) groups excluding carboxylic acids is 3. The smallest absolute Gasteiger partial charge is 0.325 e. The monoisotopic (exact) mass is 388 g/mol. The lowest BCUT2D eigenvalue weighted by molar-refractivity contribution is -0.131. The molecule has 1 aliphatic heterocycles. The Morgan fingerprint density at radius 1 is 1.44 bits per heavy atom. The normalized spacial score (nSPS) is 21.8. The number of fused-ring (bicyclic) bond motifs is 1. The maximum absolute atomic E-state index is 12.4.